The van der Waals surface area contributed by atoms with Crippen molar-refractivity contribution in [3.8, 4) is 11.4 Å². The molecular formula is C18H24N4O2. The van der Waals surface area contributed by atoms with Gasteiger partial charge in [0.1, 0.15) is 5.82 Å². The van der Waals surface area contributed by atoms with Crippen LogP contribution in [0.1, 0.15) is 54.7 Å². The first-order valence-corrected chi connectivity index (χ1v) is 8.56. The lowest BCUT2D eigenvalue weighted by molar-refractivity contribution is 0.0246. The maximum atomic E-state index is 12.3. The second-order valence-corrected chi connectivity index (χ2v) is 6.64. The minimum absolute atomic E-state index is 0.162. The average molecular weight is 328 g/mol. The standard InChI is InChI=1S/C18H24N4O2/c1-13-20-16(22-21-13)14-6-8-15(9-7-14)17(23)19-12-18(24)10-4-2-3-5-11-18/h6-9,24H,2-5,10-12H2,1H3,(H,19,23)(H,20,21,22). The summed E-state index contributed by atoms with van der Waals surface area (Å²) in [6.45, 7) is 2.16. The van der Waals surface area contributed by atoms with E-state index in [1.54, 1.807) is 12.1 Å². The zero-order valence-corrected chi connectivity index (χ0v) is 14.0. The molecule has 1 amide bonds. The molecule has 1 fully saturated rings. The van der Waals surface area contributed by atoms with Crippen molar-refractivity contribution in [3.05, 3.63) is 35.7 Å². The maximum Gasteiger partial charge on any atom is 0.251 e. The molecular weight excluding hydrogens is 304 g/mol. The van der Waals surface area contributed by atoms with E-state index in [1.165, 1.54) is 12.8 Å². The van der Waals surface area contributed by atoms with Crippen LogP contribution in [0.15, 0.2) is 24.3 Å². The summed E-state index contributed by atoms with van der Waals surface area (Å²) in [6.07, 6.45) is 5.90. The number of carbonyl (C=O) groups is 1. The van der Waals surface area contributed by atoms with Crippen LogP contribution >= 0.6 is 0 Å². The number of rotatable bonds is 4. The van der Waals surface area contributed by atoms with Crippen LogP contribution in [0.4, 0.5) is 0 Å². The fourth-order valence-corrected chi connectivity index (χ4v) is 3.15. The predicted octanol–water partition coefficient (Wildman–Crippen LogP) is 2.60. The van der Waals surface area contributed by atoms with Gasteiger partial charge >= 0.3 is 0 Å². The number of aliphatic hydroxyl groups is 1. The third-order valence-corrected chi connectivity index (χ3v) is 4.61. The lowest BCUT2D eigenvalue weighted by atomic mass is 9.94. The van der Waals surface area contributed by atoms with E-state index in [0.717, 1.165) is 37.1 Å². The second kappa shape index (κ2) is 7.13. The van der Waals surface area contributed by atoms with Crippen LogP contribution in [0.5, 0.6) is 0 Å². The summed E-state index contributed by atoms with van der Waals surface area (Å²) < 4.78 is 0. The van der Waals surface area contributed by atoms with E-state index in [0.29, 0.717) is 17.9 Å². The number of nitrogens with zero attached hydrogens (tertiary/aromatic N) is 2. The Balaban J connectivity index is 1.60. The molecule has 0 atom stereocenters. The Hall–Kier alpha value is -2.21. The van der Waals surface area contributed by atoms with Gasteiger partial charge in [-0.2, -0.15) is 5.10 Å². The molecule has 1 aliphatic rings. The Bertz CT molecular complexity index is 685. The van der Waals surface area contributed by atoms with Gasteiger partial charge in [-0.05, 0) is 31.9 Å². The van der Waals surface area contributed by atoms with Crippen molar-refractivity contribution in [3.63, 3.8) is 0 Å². The third-order valence-electron chi connectivity index (χ3n) is 4.61. The van der Waals surface area contributed by atoms with E-state index in [1.807, 2.05) is 19.1 Å². The van der Waals surface area contributed by atoms with Gasteiger partial charge in [-0.1, -0.05) is 37.8 Å². The number of carbonyl (C=O) groups excluding carboxylic acids is 1. The average Bonchev–Trinajstić information content (AvgIpc) is 2.90. The van der Waals surface area contributed by atoms with Crippen molar-refractivity contribution in [2.24, 2.45) is 0 Å². The van der Waals surface area contributed by atoms with Gasteiger partial charge in [-0.25, -0.2) is 4.98 Å². The number of amides is 1. The zero-order valence-electron chi connectivity index (χ0n) is 14.0. The topological polar surface area (TPSA) is 90.9 Å². The Labute approximate surface area is 141 Å². The van der Waals surface area contributed by atoms with Crippen molar-refractivity contribution in [2.75, 3.05) is 6.54 Å². The number of nitrogens with one attached hydrogen (secondary N) is 2. The molecule has 6 nitrogen and oxygen atoms in total. The highest BCUT2D eigenvalue weighted by molar-refractivity contribution is 5.94. The minimum atomic E-state index is -0.761. The van der Waals surface area contributed by atoms with Crippen molar-refractivity contribution in [2.45, 2.75) is 51.0 Å². The summed E-state index contributed by atoms with van der Waals surface area (Å²) in [7, 11) is 0. The largest absolute Gasteiger partial charge is 0.388 e. The molecule has 128 valence electrons. The lowest BCUT2D eigenvalue weighted by Gasteiger charge is -2.26. The monoisotopic (exact) mass is 328 g/mol. The third kappa shape index (κ3) is 4.00. The summed E-state index contributed by atoms with van der Waals surface area (Å²) in [5.74, 6) is 1.21. The van der Waals surface area contributed by atoms with Crippen LogP contribution in [0.25, 0.3) is 11.4 Å². The molecule has 0 spiro atoms. The summed E-state index contributed by atoms with van der Waals surface area (Å²) in [6, 6.07) is 7.18. The Kier molecular flexibility index (Phi) is 4.94. The first-order chi connectivity index (χ1) is 11.6. The molecule has 0 bridgehead atoms. The van der Waals surface area contributed by atoms with E-state index < -0.39 is 5.60 Å². The quantitative estimate of drug-likeness (QED) is 0.752. The van der Waals surface area contributed by atoms with E-state index in [4.69, 9.17) is 0 Å². The van der Waals surface area contributed by atoms with Gasteiger partial charge in [0, 0.05) is 17.7 Å². The lowest BCUT2D eigenvalue weighted by Crippen LogP contribution is -2.42. The molecule has 0 aliphatic heterocycles. The van der Waals surface area contributed by atoms with E-state index in [9.17, 15) is 9.90 Å². The van der Waals surface area contributed by atoms with Crippen LogP contribution in [-0.4, -0.2) is 38.3 Å². The van der Waals surface area contributed by atoms with Crippen molar-refractivity contribution in [1.29, 1.82) is 0 Å². The van der Waals surface area contributed by atoms with E-state index in [2.05, 4.69) is 20.5 Å². The molecule has 1 aromatic heterocycles. The van der Waals surface area contributed by atoms with Crippen LogP contribution in [0, 0.1) is 6.92 Å². The fourth-order valence-electron chi connectivity index (χ4n) is 3.15. The second-order valence-electron chi connectivity index (χ2n) is 6.64. The molecule has 0 radical (unpaired) electrons. The number of aromatic nitrogens is 3. The number of aromatic amines is 1. The minimum Gasteiger partial charge on any atom is -0.388 e. The molecule has 1 aromatic carbocycles. The smallest absolute Gasteiger partial charge is 0.251 e. The van der Waals surface area contributed by atoms with E-state index in [-0.39, 0.29) is 5.91 Å². The molecule has 3 rings (SSSR count). The van der Waals surface area contributed by atoms with Gasteiger partial charge in [-0.15, -0.1) is 0 Å². The van der Waals surface area contributed by atoms with Crippen molar-refractivity contribution in [1.82, 2.24) is 20.5 Å². The number of benzene rings is 1. The number of hydrogen-bond donors (Lipinski definition) is 3. The van der Waals surface area contributed by atoms with Gasteiger partial charge in [0.15, 0.2) is 5.82 Å². The molecule has 1 heterocycles. The highest BCUT2D eigenvalue weighted by Gasteiger charge is 2.28. The molecule has 1 saturated carbocycles. The van der Waals surface area contributed by atoms with Crippen LogP contribution in [0.3, 0.4) is 0 Å². The number of hydrogen-bond acceptors (Lipinski definition) is 4. The van der Waals surface area contributed by atoms with Gasteiger partial charge in [-0.3, -0.25) is 9.89 Å². The Morgan fingerprint density at radius 3 is 2.46 bits per heavy atom. The van der Waals surface area contributed by atoms with Crippen molar-refractivity contribution >= 4 is 5.91 Å². The maximum absolute atomic E-state index is 12.3. The van der Waals surface area contributed by atoms with Crippen molar-refractivity contribution < 1.29 is 9.90 Å². The Morgan fingerprint density at radius 1 is 1.21 bits per heavy atom. The normalized spacial score (nSPS) is 17.2. The first-order valence-electron chi connectivity index (χ1n) is 8.56. The van der Waals surface area contributed by atoms with Crippen LogP contribution < -0.4 is 5.32 Å². The summed E-state index contributed by atoms with van der Waals surface area (Å²) in [5, 5.41) is 20.4. The SMILES string of the molecule is Cc1nc(-c2ccc(C(=O)NCC3(O)CCCCCC3)cc2)n[nH]1. The number of H-pyrrole nitrogens is 1. The summed E-state index contributed by atoms with van der Waals surface area (Å²) in [4.78, 5) is 16.6. The van der Waals surface area contributed by atoms with Crippen LogP contribution in [0.2, 0.25) is 0 Å². The molecule has 3 N–H and O–H groups in total. The summed E-state index contributed by atoms with van der Waals surface area (Å²) in [5.41, 5.74) is 0.671. The van der Waals surface area contributed by atoms with Gasteiger partial charge in [0.2, 0.25) is 0 Å². The van der Waals surface area contributed by atoms with E-state index >= 15 is 0 Å². The highest BCUT2D eigenvalue weighted by Crippen LogP contribution is 2.26. The first kappa shape index (κ1) is 16.6. The fraction of sp³-hybridized carbons (Fsp3) is 0.500. The van der Waals surface area contributed by atoms with Gasteiger partial charge in [0.25, 0.3) is 5.91 Å². The Morgan fingerprint density at radius 2 is 1.88 bits per heavy atom. The molecule has 0 unspecified atom stereocenters. The molecule has 0 saturated heterocycles. The molecule has 2 aromatic rings. The van der Waals surface area contributed by atoms with Gasteiger partial charge < -0.3 is 10.4 Å². The van der Waals surface area contributed by atoms with Crippen LogP contribution in [-0.2, 0) is 0 Å². The highest BCUT2D eigenvalue weighted by atomic mass is 16.3. The number of aryl methyl sites for hydroxylation is 1. The molecule has 1 aliphatic carbocycles. The molecule has 24 heavy (non-hydrogen) atoms. The van der Waals surface area contributed by atoms with Gasteiger partial charge in [0.05, 0.1) is 5.60 Å². The summed E-state index contributed by atoms with van der Waals surface area (Å²) >= 11 is 0. The zero-order chi connectivity index (χ0) is 17.0. The predicted molar refractivity (Wildman–Crippen MR) is 91.5 cm³/mol. The molecule has 6 heteroatoms.